The monoisotopic (exact) mass is 395 g/mol. The number of aryl methyl sites for hydroxylation is 1. The molecule has 0 unspecified atom stereocenters. The van der Waals surface area contributed by atoms with Crippen molar-refractivity contribution in [2.24, 2.45) is 0 Å². The van der Waals surface area contributed by atoms with E-state index in [2.05, 4.69) is 32.4 Å². The molecule has 1 aliphatic rings. The molecule has 1 saturated heterocycles. The predicted octanol–water partition coefficient (Wildman–Crippen LogP) is 3.86. The number of phenolic OH excluding ortho intramolecular Hbond substituents is 1. The number of hydrogen-bond donors (Lipinski definition) is 2. The molecule has 1 aliphatic heterocycles. The van der Waals surface area contributed by atoms with Crippen LogP contribution in [0.4, 0.5) is 5.82 Å². The number of nitrogens with zero attached hydrogens (tertiary/aromatic N) is 4. The van der Waals surface area contributed by atoms with Crippen molar-refractivity contribution in [2.45, 2.75) is 26.2 Å². The van der Waals surface area contributed by atoms with Gasteiger partial charge in [-0.1, -0.05) is 6.42 Å². The number of hydrogen-bond acceptors (Lipinski definition) is 7. The number of ether oxygens (including phenoxy) is 1. The minimum atomic E-state index is 0.0987. The predicted molar refractivity (Wildman–Crippen MR) is 117 cm³/mol. The van der Waals surface area contributed by atoms with Gasteiger partial charge in [0.15, 0.2) is 5.82 Å². The SMILES string of the molecule is CN1CCCCC1.CNc1nnc(-c2ccc(OC)cc2O)c2ccnc(C)c12. The highest BCUT2D eigenvalue weighted by Gasteiger charge is 2.15. The van der Waals surface area contributed by atoms with Gasteiger partial charge in [-0.15, -0.1) is 10.2 Å². The first-order chi connectivity index (χ1) is 14.0. The van der Waals surface area contributed by atoms with Gasteiger partial charge in [-0.3, -0.25) is 4.98 Å². The van der Waals surface area contributed by atoms with Gasteiger partial charge >= 0.3 is 0 Å². The van der Waals surface area contributed by atoms with Crippen LogP contribution in [0.3, 0.4) is 0 Å². The topological polar surface area (TPSA) is 83.4 Å². The normalized spacial score (nSPS) is 14.2. The van der Waals surface area contributed by atoms with E-state index in [1.54, 1.807) is 38.6 Å². The fraction of sp³-hybridized carbons (Fsp3) is 0.409. The second-order valence-electron chi connectivity index (χ2n) is 7.21. The standard InChI is InChI=1S/C16H16N4O2.C6H13N/c1-9-14-12(6-7-18-9)15(19-20-16(14)17-2)11-5-4-10(22-3)8-13(11)21;1-7-5-3-2-4-6-7/h4-8,21H,1-3H3,(H,17,20);2-6H2,1H3. The van der Waals surface area contributed by atoms with Crippen molar-refractivity contribution < 1.29 is 9.84 Å². The van der Waals surface area contributed by atoms with E-state index in [4.69, 9.17) is 4.74 Å². The number of fused-ring (bicyclic) bond motifs is 1. The zero-order valence-corrected chi connectivity index (χ0v) is 17.6. The second-order valence-corrected chi connectivity index (χ2v) is 7.21. The van der Waals surface area contributed by atoms with Crippen molar-refractivity contribution in [3.05, 3.63) is 36.2 Å². The van der Waals surface area contributed by atoms with Crippen LogP contribution >= 0.6 is 0 Å². The molecule has 7 nitrogen and oxygen atoms in total. The lowest BCUT2D eigenvalue weighted by Crippen LogP contribution is -2.24. The van der Waals surface area contributed by atoms with Gasteiger partial charge in [-0.05, 0) is 58.1 Å². The van der Waals surface area contributed by atoms with Crippen LogP contribution in [0.15, 0.2) is 30.5 Å². The Morgan fingerprint density at radius 2 is 1.86 bits per heavy atom. The molecule has 4 rings (SSSR count). The number of pyridine rings is 1. The molecule has 3 heterocycles. The Balaban J connectivity index is 0.000000290. The summed E-state index contributed by atoms with van der Waals surface area (Å²) in [5, 5.41) is 23.5. The molecule has 154 valence electrons. The smallest absolute Gasteiger partial charge is 0.158 e. The Hall–Kier alpha value is -2.93. The summed E-state index contributed by atoms with van der Waals surface area (Å²) >= 11 is 0. The summed E-state index contributed by atoms with van der Waals surface area (Å²) in [6, 6.07) is 6.98. The minimum absolute atomic E-state index is 0.0987. The number of aromatic hydroxyl groups is 1. The van der Waals surface area contributed by atoms with Crippen LogP contribution in [-0.4, -0.2) is 59.5 Å². The molecule has 0 aliphatic carbocycles. The fourth-order valence-corrected chi connectivity index (χ4v) is 3.53. The van der Waals surface area contributed by atoms with Gasteiger partial charge < -0.3 is 20.1 Å². The number of phenols is 1. The second kappa shape index (κ2) is 9.52. The van der Waals surface area contributed by atoms with Crippen molar-refractivity contribution in [1.29, 1.82) is 0 Å². The van der Waals surface area contributed by atoms with E-state index in [9.17, 15) is 5.11 Å². The van der Waals surface area contributed by atoms with Gasteiger partial charge in [-0.25, -0.2) is 0 Å². The first kappa shape index (κ1) is 20.8. The molecule has 1 fully saturated rings. The Bertz CT molecular complexity index is 971. The van der Waals surface area contributed by atoms with Gasteiger partial charge in [0, 0.05) is 41.3 Å². The Morgan fingerprint density at radius 3 is 2.45 bits per heavy atom. The van der Waals surface area contributed by atoms with E-state index in [0.29, 0.717) is 22.8 Å². The van der Waals surface area contributed by atoms with Crippen LogP contribution in [0.25, 0.3) is 22.0 Å². The molecule has 2 N–H and O–H groups in total. The van der Waals surface area contributed by atoms with Crippen molar-refractivity contribution in [1.82, 2.24) is 20.1 Å². The quantitative estimate of drug-likeness (QED) is 0.697. The largest absolute Gasteiger partial charge is 0.507 e. The summed E-state index contributed by atoms with van der Waals surface area (Å²) in [7, 11) is 5.54. The highest BCUT2D eigenvalue weighted by molar-refractivity contribution is 6.01. The highest BCUT2D eigenvalue weighted by atomic mass is 16.5. The highest BCUT2D eigenvalue weighted by Crippen LogP contribution is 2.36. The van der Waals surface area contributed by atoms with Crippen molar-refractivity contribution in [3.8, 4) is 22.8 Å². The van der Waals surface area contributed by atoms with Crippen LogP contribution in [0.2, 0.25) is 0 Å². The number of piperidine rings is 1. The average molecular weight is 396 g/mol. The number of aromatic nitrogens is 3. The van der Waals surface area contributed by atoms with Crippen molar-refractivity contribution in [2.75, 3.05) is 39.6 Å². The molecule has 0 bridgehead atoms. The van der Waals surface area contributed by atoms with Crippen LogP contribution in [0.1, 0.15) is 25.0 Å². The summed E-state index contributed by atoms with van der Waals surface area (Å²) in [6.07, 6.45) is 6.00. The van der Waals surface area contributed by atoms with Gasteiger partial charge in [-0.2, -0.15) is 0 Å². The average Bonchev–Trinajstić information content (AvgIpc) is 2.74. The van der Waals surface area contributed by atoms with Gasteiger partial charge in [0.05, 0.1) is 7.11 Å². The van der Waals surface area contributed by atoms with Crippen molar-refractivity contribution in [3.63, 3.8) is 0 Å². The van der Waals surface area contributed by atoms with E-state index >= 15 is 0 Å². The molecule has 1 aromatic carbocycles. The third-order valence-corrected chi connectivity index (χ3v) is 5.16. The van der Waals surface area contributed by atoms with Crippen LogP contribution in [0.5, 0.6) is 11.5 Å². The molecular weight excluding hydrogens is 366 g/mol. The van der Waals surface area contributed by atoms with E-state index < -0.39 is 0 Å². The number of nitrogens with one attached hydrogen (secondary N) is 1. The lowest BCUT2D eigenvalue weighted by atomic mass is 10.0. The summed E-state index contributed by atoms with van der Waals surface area (Å²) in [5.74, 6) is 1.35. The van der Waals surface area contributed by atoms with Gasteiger partial charge in [0.2, 0.25) is 0 Å². The fourth-order valence-electron chi connectivity index (χ4n) is 3.53. The van der Waals surface area contributed by atoms with Crippen LogP contribution in [0, 0.1) is 6.92 Å². The number of likely N-dealkylation sites (tertiary alicyclic amines) is 1. The van der Waals surface area contributed by atoms with Gasteiger partial charge in [0.1, 0.15) is 17.2 Å². The maximum atomic E-state index is 10.3. The number of benzene rings is 1. The molecule has 0 saturated carbocycles. The first-order valence-corrected chi connectivity index (χ1v) is 9.90. The molecule has 2 aromatic heterocycles. The first-order valence-electron chi connectivity index (χ1n) is 9.90. The third-order valence-electron chi connectivity index (χ3n) is 5.16. The lowest BCUT2D eigenvalue weighted by Gasteiger charge is -2.20. The van der Waals surface area contributed by atoms with Crippen LogP contribution in [-0.2, 0) is 0 Å². The molecular formula is C22H29N5O2. The third kappa shape index (κ3) is 4.74. The molecule has 3 aromatic rings. The minimum Gasteiger partial charge on any atom is -0.507 e. The number of rotatable bonds is 3. The number of anilines is 1. The van der Waals surface area contributed by atoms with Crippen LogP contribution < -0.4 is 10.1 Å². The molecule has 0 spiro atoms. The Labute approximate surface area is 171 Å². The Morgan fingerprint density at radius 1 is 1.10 bits per heavy atom. The van der Waals surface area contributed by atoms with Gasteiger partial charge in [0.25, 0.3) is 0 Å². The maximum absolute atomic E-state index is 10.3. The summed E-state index contributed by atoms with van der Waals surface area (Å²) < 4.78 is 5.11. The summed E-state index contributed by atoms with van der Waals surface area (Å²) in [5.41, 5.74) is 2.07. The van der Waals surface area contributed by atoms with E-state index in [-0.39, 0.29) is 5.75 Å². The van der Waals surface area contributed by atoms with E-state index in [1.165, 1.54) is 32.4 Å². The summed E-state index contributed by atoms with van der Waals surface area (Å²) in [6.45, 7) is 4.56. The summed E-state index contributed by atoms with van der Waals surface area (Å²) in [4.78, 5) is 6.70. The molecule has 29 heavy (non-hydrogen) atoms. The number of methoxy groups -OCH3 is 1. The molecule has 0 atom stereocenters. The molecule has 0 amide bonds. The Kier molecular flexibility index (Phi) is 6.82. The zero-order chi connectivity index (χ0) is 20.8. The van der Waals surface area contributed by atoms with Crippen molar-refractivity contribution >= 4 is 16.6 Å². The molecule has 7 heteroatoms. The zero-order valence-electron chi connectivity index (χ0n) is 17.6. The lowest BCUT2D eigenvalue weighted by molar-refractivity contribution is 0.277. The van der Waals surface area contributed by atoms with E-state index in [1.807, 2.05) is 13.0 Å². The molecule has 0 radical (unpaired) electrons. The maximum Gasteiger partial charge on any atom is 0.158 e. The van der Waals surface area contributed by atoms with E-state index in [0.717, 1.165) is 16.5 Å².